The molecule has 2 unspecified atom stereocenters. The van der Waals surface area contributed by atoms with Crippen molar-refractivity contribution in [3.63, 3.8) is 0 Å². The molecule has 0 radical (unpaired) electrons. The summed E-state index contributed by atoms with van der Waals surface area (Å²) in [6, 6.07) is 8.79. The summed E-state index contributed by atoms with van der Waals surface area (Å²) in [6.07, 6.45) is 5.77. The summed E-state index contributed by atoms with van der Waals surface area (Å²) in [5.74, 6) is 0.478. The van der Waals surface area contributed by atoms with Gasteiger partial charge in [-0.05, 0) is 30.7 Å². The molecule has 1 aromatic carbocycles. The van der Waals surface area contributed by atoms with Gasteiger partial charge >= 0.3 is 0 Å². The lowest BCUT2D eigenvalue weighted by molar-refractivity contribution is 0.337. The average Bonchev–Trinajstić information content (AvgIpc) is 2.79. The number of rotatable bonds is 6. The zero-order valence-electron chi connectivity index (χ0n) is 17.1. The Hall–Kier alpha value is -3.20. The van der Waals surface area contributed by atoms with Crippen molar-refractivity contribution in [2.45, 2.75) is 24.3 Å². The Labute approximate surface area is 191 Å². The molecule has 0 bridgehead atoms. The van der Waals surface area contributed by atoms with Crippen LogP contribution < -0.4 is 10.2 Å². The van der Waals surface area contributed by atoms with E-state index in [4.69, 9.17) is 4.74 Å². The molecule has 1 aliphatic carbocycles. The first-order chi connectivity index (χ1) is 15.4. The number of allylic oxidation sites excluding steroid dienone is 4. The monoisotopic (exact) mass is 500 g/mol. The zero-order chi connectivity index (χ0) is 22.7. The standard InChI is InChI=1S/C23H19BrF2N4O2/c1-2-32-17-12-27-23(28-13-17)15-5-3-4-14(8-15)9-20-21(31)6-7-30(29-20)16-10-18(25)22(24)19(26)11-16/h3-8,10-13,18,22H,2,9H2,1H3. The van der Waals surface area contributed by atoms with Gasteiger partial charge < -0.3 is 4.74 Å². The molecule has 6 nitrogen and oxygen atoms in total. The van der Waals surface area contributed by atoms with E-state index in [9.17, 15) is 13.6 Å². The fourth-order valence-electron chi connectivity index (χ4n) is 3.24. The highest BCUT2D eigenvalue weighted by Crippen LogP contribution is 2.29. The van der Waals surface area contributed by atoms with Crippen molar-refractivity contribution >= 4 is 21.6 Å². The highest BCUT2D eigenvalue weighted by atomic mass is 79.9. The Morgan fingerprint density at radius 1 is 1.22 bits per heavy atom. The number of hydrogen-bond acceptors (Lipinski definition) is 5. The molecule has 2 atom stereocenters. The van der Waals surface area contributed by atoms with E-state index < -0.39 is 16.8 Å². The van der Waals surface area contributed by atoms with Crippen LogP contribution in [0.2, 0.25) is 0 Å². The van der Waals surface area contributed by atoms with E-state index in [-0.39, 0.29) is 23.2 Å². The third kappa shape index (κ3) is 4.83. The van der Waals surface area contributed by atoms with Gasteiger partial charge in [0.25, 0.3) is 0 Å². The number of hydrogen-bond donors (Lipinski definition) is 0. The number of nitrogens with zero attached hydrogens (tertiary/aromatic N) is 4. The van der Waals surface area contributed by atoms with Crippen molar-refractivity contribution in [1.82, 2.24) is 19.7 Å². The topological polar surface area (TPSA) is 69.9 Å². The number of aromatic nitrogens is 4. The van der Waals surface area contributed by atoms with Gasteiger partial charge in [0, 0.05) is 24.2 Å². The van der Waals surface area contributed by atoms with Crippen LogP contribution in [-0.4, -0.2) is 37.4 Å². The van der Waals surface area contributed by atoms with E-state index in [1.165, 1.54) is 29.1 Å². The molecule has 164 valence electrons. The molecule has 0 saturated heterocycles. The summed E-state index contributed by atoms with van der Waals surface area (Å²) in [7, 11) is 0. The second-order valence-corrected chi connectivity index (χ2v) is 8.08. The second-order valence-electron chi connectivity index (χ2n) is 7.09. The quantitative estimate of drug-likeness (QED) is 0.466. The van der Waals surface area contributed by atoms with Crippen LogP contribution >= 0.6 is 15.9 Å². The third-order valence-electron chi connectivity index (χ3n) is 4.80. The number of alkyl halides is 2. The van der Waals surface area contributed by atoms with Crippen molar-refractivity contribution in [1.29, 1.82) is 0 Å². The lowest BCUT2D eigenvalue weighted by atomic mass is 10.1. The lowest BCUT2D eigenvalue weighted by Crippen LogP contribution is -2.22. The molecule has 1 aliphatic rings. The molecule has 0 aliphatic heterocycles. The summed E-state index contributed by atoms with van der Waals surface area (Å²) in [5, 5.41) is 4.31. The van der Waals surface area contributed by atoms with Crippen molar-refractivity contribution in [3.05, 3.63) is 88.4 Å². The van der Waals surface area contributed by atoms with Gasteiger partial charge in [0.05, 0.1) is 24.7 Å². The van der Waals surface area contributed by atoms with Gasteiger partial charge in [-0.3, -0.25) is 4.79 Å². The van der Waals surface area contributed by atoms with Gasteiger partial charge in [-0.2, -0.15) is 5.10 Å². The Morgan fingerprint density at radius 2 is 2.00 bits per heavy atom. The first-order valence-electron chi connectivity index (χ1n) is 9.95. The van der Waals surface area contributed by atoms with E-state index in [1.807, 2.05) is 31.2 Å². The Kier molecular flexibility index (Phi) is 6.55. The van der Waals surface area contributed by atoms with E-state index in [0.29, 0.717) is 18.2 Å². The van der Waals surface area contributed by atoms with Gasteiger partial charge in [-0.25, -0.2) is 23.4 Å². The van der Waals surface area contributed by atoms with Crippen LogP contribution in [0.4, 0.5) is 8.78 Å². The van der Waals surface area contributed by atoms with Crippen LogP contribution in [0.1, 0.15) is 18.2 Å². The maximum Gasteiger partial charge on any atom is 0.203 e. The fraction of sp³-hybridized carbons (Fsp3) is 0.217. The summed E-state index contributed by atoms with van der Waals surface area (Å²) < 4.78 is 34.7. The number of halogens is 3. The molecule has 32 heavy (non-hydrogen) atoms. The molecular weight excluding hydrogens is 482 g/mol. The van der Waals surface area contributed by atoms with E-state index in [1.54, 1.807) is 12.4 Å². The summed E-state index contributed by atoms with van der Waals surface area (Å²) in [5.41, 5.74) is 1.82. The number of ether oxygens (including phenoxy) is 1. The first-order valence-corrected chi connectivity index (χ1v) is 10.9. The van der Waals surface area contributed by atoms with Crippen LogP contribution in [0.15, 0.2) is 71.7 Å². The van der Waals surface area contributed by atoms with Crippen molar-refractivity contribution in [3.8, 4) is 17.1 Å². The lowest BCUT2D eigenvalue weighted by Gasteiger charge is -2.18. The second kappa shape index (κ2) is 9.52. The van der Waals surface area contributed by atoms with Crippen molar-refractivity contribution < 1.29 is 13.5 Å². The number of benzene rings is 1. The van der Waals surface area contributed by atoms with Crippen LogP contribution in [0.5, 0.6) is 5.75 Å². The highest BCUT2D eigenvalue weighted by Gasteiger charge is 2.26. The maximum atomic E-state index is 14.0. The molecule has 0 saturated carbocycles. The minimum Gasteiger partial charge on any atom is -0.491 e. The summed E-state index contributed by atoms with van der Waals surface area (Å²) >= 11 is 2.97. The fourth-order valence-corrected chi connectivity index (χ4v) is 3.53. The largest absolute Gasteiger partial charge is 0.491 e. The molecule has 9 heteroatoms. The van der Waals surface area contributed by atoms with Gasteiger partial charge in [-0.1, -0.05) is 34.1 Å². The van der Waals surface area contributed by atoms with Crippen LogP contribution in [0.3, 0.4) is 0 Å². The van der Waals surface area contributed by atoms with Gasteiger partial charge in [0.2, 0.25) is 5.43 Å². The van der Waals surface area contributed by atoms with Gasteiger partial charge in [0.15, 0.2) is 11.6 Å². The molecule has 0 N–H and O–H groups in total. The Morgan fingerprint density at radius 3 is 2.72 bits per heavy atom. The molecule has 4 rings (SSSR count). The SMILES string of the molecule is CCOc1cnc(-c2cccc(Cc3nn(C4=CC(F)C(Br)C(F)=C4)ccc3=O)c2)nc1. The predicted molar refractivity (Wildman–Crippen MR) is 121 cm³/mol. The Bertz CT molecular complexity index is 1240. The van der Waals surface area contributed by atoms with E-state index >= 15 is 0 Å². The van der Waals surface area contributed by atoms with Gasteiger partial charge in [-0.15, -0.1) is 0 Å². The molecule has 0 spiro atoms. The summed E-state index contributed by atoms with van der Waals surface area (Å²) in [4.78, 5) is 20.0. The molecular formula is C23H19BrF2N4O2. The Balaban J connectivity index is 1.60. The van der Waals surface area contributed by atoms with Gasteiger partial charge in [0.1, 0.15) is 22.5 Å². The molecule has 0 amide bonds. The van der Waals surface area contributed by atoms with Crippen molar-refractivity contribution in [2.24, 2.45) is 0 Å². The average molecular weight is 501 g/mol. The molecule has 2 heterocycles. The minimum atomic E-state index is -1.54. The maximum absolute atomic E-state index is 14.0. The van der Waals surface area contributed by atoms with Crippen LogP contribution in [0, 0.1) is 0 Å². The normalized spacial score (nSPS) is 18.1. The minimum absolute atomic E-state index is 0.225. The highest BCUT2D eigenvalue weighted by molar-refractivity contribution is 9.09. The van der Waals surface area contributed by atoms with Crippen molar-refractivity contribution in [2.75, 3.05) is 6.61 Å². The molecule has 2 aromatic heterocycles. The molecule has 0 fully saturated rings. The van der Waals surface area contributed by atoms with E-state index in [0.717, 1.165) is 11.1 Å². The van der Waals surface area contributed by atoms with Crippen LogP contribution in [0.25, 0.3) is 17.1 Å². The van der Waals surface area contributed by atoms with Crippen LogP contribution in [-0.2, 0) is 6.42 Å². The smallest absolute Gasteiger partial charge is 0.203 e. The summed E-state index contributed by atoms with van der Waals surface area (Å²) in [6.45, 7) is 2.41. The molecule has 3 aromatic rings. The van der Waals surface area contributed by atoms with E-state index in [2.05, 4.69) is 31.0 Å². The third-order valence-corrected chi connectivity index (χ3v) is 5.74. The zero-order valence-corrected chi connectivity index (χ0v) is 18.7. The predicted octanol–water partition coefficient (Wildman–Crippen LogP) is 4.50. The first kappa shape index (κ1) is 22.0.